The molecule has 5 N–H and O–H groups in total. The highest BCUT2D eigenvalue weighted by molar-refractivity contribution is 5.94. The zero-order valence-corrected chi connectivity index (χ0v) is 8.92. The molecular weight excluding hydrogens is 228 g/mol. The van der Waals surface area contributed by atoms with Crippen LogP contribution in [0.15, 0.2) is 0 Å². The van der Waals surface area contributed by atoms with Gasteiger partial charge in [-0.1, -0.05) is 0 Å². The highest BCUT2D eigenvalue weighted by atomic mass is 16.5. The lowest BCUT2D eigenvalue weighted by Crippen LogP contribution is -2.54. The van der Waals surface area contributed by atoms with Crippen LogP contribution in [0, 0.1) is 0 Å². The Labute approximate surface area is 96.1 Å². The molecule has 1 unspecified atom stereocenters. The van der Waals surface area contributed by atoms with Gasteiger partial charge in [-0.15, -0.1) is 5.10 Å². The molecule has 17 heavy (non-hydrogen) atoms. The number of rotatable bonds is 2. The quantitative estimate of drug-likeness (QED) is 0.531. The average molecular weight is 240 g/mol. The molecule has 9 heteroatoms. The summed E-state index contributed by atoms with van der Waals surface area (Å²) in [5, 5.41) is 5.94. The normalized spacial score (nSPS) is 20.2. The summed E-state index contributed by atoms with van der Waals surface area (Å²) in [4.78, 5) is 28.2. The Morgan fingerprint density at radius 3 is 2.88 bits per heavy atom. The number of primary amides is 1. The molecular formula is C8H12N6O3. The van der Waals surface area contributed by atoms with Gasteiger partial charge in [0, 0.05) is 6.54 Å². The fraction of sp³-hybridized carbons (Fsp3) is 0.500. The van der Waals surface area contributed by atoms with E-state index in [1.165, 1.54) is 4.90 Å². The first-order chi connectivity index (χ1) is 8.09. The smallest absolute Gasteiger partial charge is 0.292 e. The van der Waals surface area contributed by atoms with E-state index in [9.17, 15) is 9.59 Å². The predicted molar refractivity (Wildman–Crippen MR) is 55.6 cm³/mol. The van der Waals surface area contributed by atoms with Crippen molar-refractivity contribution in [2.45, 2.75) is 6.04 Å². The number of hydrogen-bond donors (Lipinski definition) is 3. The molecule has 1 aromatic rings. The van der Waals surface area contributed by atoms with Crippen LogP contribution >= 0.6 is 0 Å². The van der Waals surface area contributed by atoms with Crippen LogP contribution in [0.1, 0.15) is 10.6 Å². The van der Waals surface area contributed by atoms with Gasteiger partial charge < -0.3 is 21.1 Å². The Morgan fingerprint density at radius 1 is 1.53 bits per heavy atom. The second-order valence-corrected chi connectivity index (χ2v) is 3.53. The van der Waals surface area contributed by atoms with E-state index < -0.39 is 17.9 Å². The molecule has 1 aliphatic heterocycles. The van der Waals surface area contributed by atoms with Gasteiger partial charge in [-0.05, 0) is 0 Å². The van der Waals surface area contributed by atoms with Crippen LogP contribution in [-0.4, -0.2) is 57.7 Å². The van der Waals surface area contributed by atoms with E-state index in [-0.39, 0.29) is 24.9 Å². The summed E-state index contributed by atoms with van der Waals surface area (Å²) in [5.74, 6) is -1.14. The number of aromatic nitrogens is 3. The molecule has 9 nitrogen and oxygen atoms in total. The van der Waals surface area contributed by atoms with Gasteiger partial charge in [0.15, 0.2) is 0 Å². The van der Waals surface area contributed by atoms with Crippen LogP contribution in [0.3, 0.4) is 0 Å². The third-order valence-corrected chi connectivity index (χ3v) is 2.42. The SMILES string of the molecule is NC(=O)C1COCCN1C(=O)c1nc(N)n[nH]1. The molecule has 0 bridgehead atoms. The first-order valence-electron chi connectivity index (χ1n) is 4.95. The lowest BCUT2D eigenvalue weighted by Gasteiger charge is -2.32. The number of carbonyl (C=O) groups excluding carboxylic acids is 2. The van der Waals surface area contributed by atoms with Crippen LogP contribution in [0.5, 0.6) is 0 Å². The van der Waals surface area contributed by atoms with Crippen molar-refractivity contribution in [2.75, 3.05) is 25.5 Å². The van der Waals surface area contributed by atoms with Gasteiger partial charge in [-0.3, -0.25) is 14.7 Å². The van der Waals surface area contributed by atoms with E-state index in [1.54, 1.807) is 0 Å². The average Bonchev–Trinajstić information content (AvgIpc) is 2.75. The maximum absolute atomic E-state index is 12.0. The number of amides is 2. The first kappa shape index (κ1) is 11.3. The second kappa shape index (κ2) is 4.37. The van der Waals surface area contributed by atoms with E-state index in [1.807, 2.05) is 0 Å². The van der Waals surface area contributed by atoms with Crippen LogP contribution in [0.2, 0.25) is 0 Å². The molecule has 2 rings (SSSR count). The maximum atomic E-state index is 12.0. The summed E-state index contributed by atoms with van der Waals surface area (Å²) < 4.78 is 5.10. The zero-order chi connectivity index (χ0) is 12.4. The molecule has 0 saturated carbocycles. The number of nitrogens with zero attached hydrogens (tertiary/aromatic N) is 3. The standard InChI is InChI=1S/C8H12N6O3/c9-5(15)4-3-17-2-1-14(4)7(16)6-11-8(10)13-12-6/h4H,1-3H2,(H2,9,15)(H3,10,11,12,13). The number of hydrogen-bond acceptors (Lipinski definition) is 6. The topological polar surface area (TPSA) is 140 Å². The van der Waals surface area contributed by atoms with Gasteiger partial charge in [0.05, 0.1) is 13.2 Å². The molecule has 1 aromatic heterocycles. The zero-order valence-electron chi connectivity index (χ0n) is 8.92. The molecule has 1 fully saturated rings. The molecule has 1 atom stereocenters. The van der Waals surface area contributed by atoms with E-state index in [4.69, 9.17) is 16.2 Å². The third kappa shape index (κ3) is 2.18. The third-order valence-electron chi connectivity index (χ3n) is 2.42. The highest BCUT2D eigenvalue weighted by Gasteiger charge is 2.33. The van der Waals surface area contributed by atoms with Gasteiger partial charge in [0.25, 0.3) is 5.91 Å². The van der Waals surface area contributed by atoms with Gasteiger partial charge in [-0.2, -0.15) is 4.98 Å². The maximum Gasteiger partial charge on any atom is 0.292 e. The molecule has 0 spiro atoms. The molecule has 92 valence electrons. The number of ether oxygens (including phenoxy) is 1. The van der Waals surface area contributed by atoms with Crippen molar-refractivity contribution in [3.63, 3.8) is 0 Å². The summed E-state index contributed by atoms with van der Waals surface area (Å²) in [6.45, 7) is 0.705. The van der Waals surface area contributed by atoms with Crippen LogP contribution in [-0.2, 0) is 9.53 Å². The number of carbonyl (C=O) groups is 2. The summed E-state index contributed by atoms with van der Waals surface area (Å²) in [7, 11) is 0. The first-order valence-corrected chi connectivity index (χ1v) is 4.95. The Hall–Kier alpha value is -2.16. The minimum Gasteiger partial charge on any atom is -0.377 e. The van der Waals surface area contributed by atoms with E-state index in [0.29, 0.717) is 6.61 Å². The van der Waals surface area contributed by atoms with Crippen LogP contribution in [0.4, 0.5) is 5.95 Å². The fourth-order valence-corrected chi connectivity index (χ4v) is 1.59. The number of aromatic amines is 1. The monoisotopic (exact) mass is 240 g/mol. The van der Waals surface area contributed by atoms with Crippen molar-refractivity contribution < 1.29 is 14.3 Å². The molecule has 0 radical (unpaired) electrons. The summed E-state index contributed by atoms with van der Waals surface area (Å²) in [5.41, 5.74) is 10.5. The minimum absolute atomic E-state index is 0.0179. The Morgan fingerprint density at radius 2 is 2.29 bits per heavy atom. The Balaban J connectivity index is 2.19. The highest BCUT2D eigenvalue weighted by Crippen LogP contribution is 2.10. The van der Waals surface area contributed by atoms with Gasteiger partial charge in [0.2, 0.25) is 17.7 Å². The van der Waals surface area contributed by atoms with Crippen molar-refractivity contribution in [2.24, 2.45) is 5.73 Å². The number of nitrogens with one attached hydrogen (secondary N) is 1. The summed E-state index contributed by atoms with van der Waals surface area (Å²) >= 11 is 0. The number of anilines is 1. The van der Waals surface area contributed by atoms with Gasteiger partial charge >= 0.3 is 0 Å². The molecule has 2 heterocycles. The van der Waals surface area contributed by atoms with Gasteiger partial charge in [0.1, 0.15) is 6.04 Å². The molecule has 1 aliphatic rings. The number of nitrogens with two attached hydrogens (primary N) is 2. The van der Waals surface area contributed by atoms with Gasteiger partial charge in [-0.25, -0.2) is 0 Å². The molecule has 0 aromatic carbocycles. The Kier molecular flexibility index (Phi) is 2.91. The Bertz CT molecular complexity index is 444. The van der Waals surface area contributed by atoms with E-state index in [2.05, 4.69) is 15.2 Å². The molecule has 1 saturated heterocycles. The van der Waals surface area contributed by atoms with Crippen molar-refractivity contribution >= 4 is 17.8 Å². The number of nitrogen functional groups attached to an aromatic ring is 1. The number of morpholine rings is 1. The van der Waals surface area contributed by atoms with Crippen LogP contribution < -0.4 is 11.5 Å². The predicted octanol–water partition coefficient (Wildman–Crippen LogP) is -2.29. The molecule has 0 aliphatic carbocycles. The molecule has 2 amide bonds. The van der Waals surface area contributed by atoms with E-state index in [0.717, 1.165) is 0 Å². The fourth-order valence-electron chi connectivity index (χ4n) is 1.59. The van der Waals surface area contributed by atoms with Crippen molar-refractivity contribution in [3.8, 4) is 0 Å². The van der Waals surface area contributed by atoms with Crippen molar-refractivity contribution in [1.82, 2.24) is 20.1 Å². The number of H-pyrrole nitrogens is 1. The van der Waals surface area contributed by atoms with E-state index >= 15 is 0 Å². The largest absolute Gasteiger partial charge is 0.377 e. The lowest BCUT2D eigenvalue weighted by molar-refractivity contribution is -0.127. The summed E-state index contributed by atoms with van der Waals surface area (Å²) in [6.07, 6.45) is 0. The van der Waals surface area contributed by atoms with Crippen LogP contribution in [0.25, 0.3) is 0 Å². The summed E-state index contributed by atoms with van der Waals surface area (Å²) in [6, 6.07) is -0.789. The van der Waals surface area contributed by atoms with Crippen molar-refractivity contribution in [1.29, 1.82) is 0 Å². The lowest BCUT2D eigenvalue weighted by atomic mass is 10.2. The minimum atomic E-state index is -0.789. The van der Waals surface area contributed by atoms with Crippen molar-refractivity contribution in [3.05, 3.63) is 5.82 Å². The second-order valence-electron chi connectivity index (χ2n) is 3.53.